The number of carbonyl (C=O) groups excluding carboxylic acids is 2. The van der Waals surface area contributed by atoms with Crippen molar-refractivity contribution < 1.29 is 9.59 Å². The third-order valence-electron chi connectivity index (χ3n) is 2.47. The van der Waals surface area contributed by atoms with Crippen LogP contribution >= 0.6 is 0 Å². The van der Waals surface area contributed by atoms with Crippen molar-refractivity contribution in [1.82, 2.24) is 21.3 Å². The molecule has 0 aromatic heterocycles. The highest BCUT2D eigenvalue weighted by Gasteiger charge is 2.00. The van der Waals surface area contributed by atoms with E-state index < -0.39 is 0 Å². The Labute approximate surface area is 120 Å². The van der Waals surface area contributed by atoms with Gasteiger partial charge in [-0.1, -0.05) is 0 Å². The van der Waals surface area contributed by atoms with E-state index in [1.165, 1.54) is 0 Å². The van der Waals surface area contributed by atoms with E-state index in [4.69, 9.17) is 11.5 Å². The van der Waals surface area contributed by atoms with Crippen LogP contribution in [0.15, 0.2) is 0 Å². The van der Waals surface area contributed by atoms with Crippen LogP contribution in [-0.4, -0.2) is 64.2 Å². The summed E-state index contributed by atoms with van der Waals surface area (Å²) in [5, 5.41) is 11.7. The number of hydrogen-bond donors (Lipinski definition) is 6. The van der Waals surface area contributed by atoms with Crippen LogP contribution in [-0.2, 0) is 9.59 Å². The highest BCUT2D eigenvalue weighted by atomic mass is 16.2. The van der Waals surface area contributed by atoms with Gasteiger partial charge in [-0.2, -0.15) is 0 Å². The number of hydrogen-bond acceptors (Lipinski definition) is 6. The fourth-order valence-electron chi connectivity index (χ4n) is 1.43. The molecule has 0 saturated carbocycles. The number of nitrogens with two attached hydrogens (primary N) is 2. The number of carbonyl (C=O) groups is 2. The SMILES string of the molecule is NCCNC(=O)CCNCCNCCC(=O)NCCN. The first-order valence-corrected chi connectivity index (χ1v) is 7.05. The lowest BCUT2D eigenvalue weighted by molar-refractivity contribution is -0.121. The Balaban J connectivity index is 3.20. The second-order valence-corrected chi connectivity index (χ2v) is 4.28. The standard InChI is InChI=1S/C12H28N6O2/c13-3-7-17-11(19)1-5-15-9-10-16-6-2-12(20)18-8-4-14/h15-16H,1-10,13-14H2,(H,17,19)(H,18,20). The molecule has 0 aliphatic heterocycles. The Kier molecular flexibility index (Phi) is 13.3. The molecular formula is C12H28N6O2. The van der Waals surface area contributed by atoms with E-state index >= 15 is 0 Å². The monoisotopic (exact) mass is 288 g/mol. The minimum absolute atomic E-state index is 0.00693. The molecule has 0 radical (unpaired) electrons. The molecule has 118 valence electrons. The predicted molar refractivity (Wildman–Crippen MR) is 79.1 cm³/mol. The summed E-state index contributed by atoms with van der Waals surface area (Å²) in [5.74, 6) is 0.0139. The van der Waals surface area contributed by atoms with Crippen LogP contribution in [0.4, 0.5) is 0 Å². The van der Waals surface area contributed by atoms with Crippen LogP contribution in [0, 0.1) is 0 Å². The maximum atomic E-state index is 11.2. The average Bonchev–Trinajstić information content (AvgIpc) is 2.45. The van der Waals surface area contributed by atoms with E-state index in [9.17, 15) is 9.59 Å². The Morgan fingerprint density at radius 1 is 0.650 bits per heavy atom. The molecule has 0 aliphatic rings. The van der Waals surface area contributed by atoms with Crippen molar-refractivity contribution in [3.63, 3.8) is 0 Å². The molecule has 0 rings (SSSR count). The smallest absolute Gasteiger partial charge is 0.221 e. The summed E-state index contributed by atoms with van der Waals surface area (Å²) in [6.07, 6.45) is 0.892. The third-order valence-corrected chi connectivity index (χ3v) is 2.47. The van der Waals surface area contributed by atoms with Crippen molar-refractivity contribution in [2.45, 2.75) is 12.8 Å². The van der Waals surface area contributed by atoms with Gasteiger partial charge in [0.1, 0.15) is 0 Å². The molecule has 0 fully saturated rings. The Bertz CT molecular complexity index is 236. The van der Waals surface area contributed by atoms with E-state index in [-0.39, 0.29) is 11.8 Å². The minimum atomic E-state index is 0.00693. The van der Waals surface area contributed by atoms with Gasteiger partial charge < -0.3 is 32.7 Å². The molecule has 20 heavy (non-hydrogen) atoms. The lowest BCUT2D eigenvalue weighted by atomic mass is 10.3. The first-order chi connectivity index (χ1) is 9.70. The van der Waals surface area contributed by atoms with E-state index in [2.05, 4.69) is 21.3 Å². The van der Waals surface area contributed by atoms with E-state index in [0.29, 0.717) is 52.1 Å². The molecule has 8 N–H and O–H groups in total. The summed E-state index contributed by atoms with van der Waals surface area (Å²) in [7, 11) is 0. The van der Waals surface area contributed by atoms with Gasteiger partial charge in [0.05, 0.1) is 0 Å². The Hall–Kier alpha value is -1.22. The summed E-state index contributed by atoms with van der Waals surface area (Å²) < 4.78 is 0. The first kappa shape index (κ1) is 18.8. The summed E-state index contributed by atoms with van der Waals surface area (Å²) >= 11 is 0. The molecule has 0 saturated heterocycles. The van der Waals surface area contributed by atoms with Crippen LogP contribution in [0.5, 0.6) is 0 Å². The van der Waals surface area contributed by atoms with Crippen molar-refractivity contribution in [2.24, 2.45) is 11.5 Å². The molecule has 0 unspecified atom stereocenters. The van der Waals surface area contributed by atoms with Crippen LogP contribution in [0.2, 0.25) is 0 Å². The molecular weight excluding hydrogens is 260 g/mol. The van der Waals surface area contributed by atoms with Crippen LogP contribution in [0.3, 0.4) is 0 Å². The second-order valence-electron chi connectivity index (χ2n) is 4.28. The molecule has 8 nitrogen and oxygen atoms in total. The zero-order valence-corrected chi connectivity index (χ0v) is 12.0. The lowest BCUT2D eigenvalue weighted by Crippen LogP contribution is -2.35. The fourth-order valence-corrected chi connectivity index (χ4v) is 1.43. The van der Waals surface area contributed by atoms with Crippen molar-refractivity contribution in [3.8, 4) is 0 Å². The Morgan fingerprint density at radius 3 is 1.40 bits per heavy atom. The highest BCUT2D eigenvalue weighted by molar-refractivity contribution is 5.76. The summed E-state index contributed by atoms with van der Waals surface area (Å²) in [4.78, 5) is 22.4. The van der Waals surface area contributed by atoms with Gasteiger partial charge in [0, 0.05) is 65.2 Å². The molecule has 2 amide bonds. The summed E-state index contributed by atoms with van der Waals surface area (Å²) in [6, 6.07) is 0. The topological polar surface area (TPSA) is 134 Å². The molecule has 0 aliphatic carbocycles. The maximum Gasteiger partial charge on any atom is 0.221 e. The first-order valence-electron chi connectivity index (χ1n) is 7.05. The second kappa shape index (κ2) is 14.2. The molecule has 0 heterocycles. The van der Waals surface area contributed by atoms with Crippen molar-refractivity contribution in [1.29, 1.82) is 0 Å². The van der Waals surface area contributed by atoms with Crippen LogP contribution in [0.25, 0.3) is 0 Å². The van der Waals surface area contributed by atoms with Gasteiger partial charge in [0.2, 0.25) is 11.8 Å². The highest BCUT2D eigenvalue weighted by Crippen LogP contribution is 1.78. The van der Waals surface area contributed by atoms with Gasteiger partial charge in [-0.15, -0.1) is 0 Å². The molecule has 0 aromatic rings. The summed E-state index contributed by atoms with van der Waals surface area (Å²) in [5.41, 5.74) is 10.5. The van der Waals surface area contributed by atoms with Crippen molar-refractivity contribution in [3.05, 3.63) is 0 Å². The largest absolute Gasteiger partial charge is 0.355 e. The van der Waals surface area contributed by atoms with Gasteiger partial charge in [0.15, 0.2) is 0 Å². The Morgan fingerprint density at radius 2 is 1.05 bits per heavy atom. The van der Waals surface area contributed by atoms with Crippen LogP contribution in [0.1, 0.15) is 12.8 Å². The molecule has 0 atom stereocenters. The van der Waals surface area contributed by atoms with Gasteiger partial charge in [-0.3, -0.25) is 9.59 Å². The normalized spacial score (nSPS) is 10.3. The van der Waals surface area contributed by atoms with Crippen LogP contribution < -0.4 is 32.7 Å². The minimum Gasteiger partial charge on any atom is -0.355 e. The van der Waals surface area contributed by atoms with Crippen molar-refractivity contribution in [2.75, 3.05) is 52.4 Å². The molecule has 0 spiro atoms. The van der Waals surface area contributed by atoms with E-state index in [1.54, 1.807) is 0 Å². The zero-order chi connectivity index (χ0) is 15.1. The molecule has 8 heteroatoms. The lowest BCUT2D eigenvalue weighted by Gasteiger charge is -2.07. The number of rotatable bonds is 13. The van der Waals surface area contributed by atoms with Crippen molar-refractivity contribution >= 4 is 11.8 Å². The fraction of sp³-hybridized carbons (Fsp3) is 0.833. The van der Waals surface area contributed by atoms with E-state index in [1.807, 2.05) is 0 Å². The van der Waals surface area contributed by atoms with Gasteiger partial charge in [0.25, 0.3) is 0 Å². The molecule has 0 bridgehead atoms. The van der Waals surface area contributed by atoms with E-state index in [0.717, 1.165) is 13.1 Å². The quantitative estimate of drug-likeness (QED) is 0.201. The zero-order valence-electron chi connectivity index (χ0n) is 12.0. The van der Waals surface area contributed by atoms with Gasteiger partial charge >= 0.3 is 0 Å². The maximum absolute atomic E-state index is 11.2. The molecule has 0 aromatic carbocycles. The third kappa shape index (κ3) is 13.2. The average molecular weight is 288 g/mol. The van der Waals surface area contributed by atoms with Gasteiger partial charge in [-0.25, -0.2) is 0 Å². The van der Waals surface area contributed by atoms with Gasteiger partial charge in [-0.05, 0) is 0 Å². The number of nitrogens with one attached hydrogen (secondary N) is 4. The number of amides is 2. The summed E-state index contributed by atoms with van der Waals surface area (Å²) in [6.45, 7) is 4.75. The predicted octanol–water partition coefficient (Wildman–Crippen LogP) is -2.90.